The number of imidazole rings is 1. The summed E-state index contributed by atoms with van der Waals surface area (Å²) < 4.78 is 7.89. The minimum absolute atomic E-state index is 0.609. The number of ether oxygens (including phenoxy) is 1. The zero-order chi connectivity index (χ0) is 13.4. The second kappa shape index (κ2) is 4.51. The Morgan fingerprint density at radius 3 is 2.89 bits per heavy atom. The molecule has 5 heteroatoms. The first kappa shape index (κ1) is 11.9. The van der Waals surface area contributed by atoms with Crippen LogP contribution in [0.5, 0.6) is 5.75 Å². The number of aromatic nitrogens is 3. The van der Waals surface area contributed by atoms with Gasteiger partial charge in [0.15, 0.2) is 10.4 Å². The molecule has 3 aromatic rings. The normalized spacial score (nSPS) is 10.8. The number of methoxy groups -OCH3 is 1. The Balaban J connectivity index is 2.36. The Morgan fingerprint density at radius 1 is 1.32 bits per heavy atom. The Morgan fingerprint density at radius 2 is 2.11 bits per heavy atom. The predicted molar refractivity (Wildman–Crippen MR) is 77.5 cm³/mol. The number of hydrogen-bond acceptors (Lipinski definition) is 3. The van der Waals surface area contributed by atoms with E-state index in [-0.39, 0.29) is 0 Å². The lowest BCUT2D eigenvalue weighted by Gasteiger charge is -2.09. The molecule has 4 nitrogen and oxygen atoms in total. The maximum Gasteiger partial charge on any atom is 0.184 e. The van der Waals surface area contributed by atoms with Gasteiger partial charge in [-0.05, 0) is 42.9 Å². The molecule has 0 unspecified atom stereocenters. The van der Waals surface area contributed by atoms with E-state index < -0.39 is 0 Å². The van der Waals surface area contributed by atoms with Crippen molar-refractivity contribution in [3.8, 4) is 11.4 Å². The second-order valence-corrected chi connectivity index (χ2v) is 4.71. The van der Waals surface area contributed by atoms with Crippen molar-refractivity contribution in [3.63, 3.8) is 0 Å². The van der Waals surface area contributed by atoms with Gasteiger partial charge in [-0.1, -0.05) is 12.1 Å². The first-order valence-electron chi connectivity index (χ1n) is 5.91. The lowest BCUT2D eigenvalue weighted by Crippen LogP contribution is -1.98. The fraction of sp³-hybridized carbons (Fsp3) is 0.143. The third-order valence-electron chi connectivity index (χ3n) is 2.99. The molecule has 0 spiro atoms. The first-order valence-corrected chi connectivity index (χ1v) is 6.32. The van der Waals surface area contributed by atoms with Crippen LogP contribution < -0.4 is 4.74 Å². The lowest BCUT2D eigenvalue weighted by atomic mass is 10.3. The second-order valence-electron chi connectivity index (χ2n) is 4.32. The number of H-pyrrole nitrogens is 1. The lowest BCUT2D eigenvalue weighted by molar-refractivity contribution is 0.413. The molecule has 0 bridgehead atoms. The van der Waals surface area contributed by atoms with Crippen LogP contribution in [0.1, 0.15) is 5.56 Å². The summed E-state index contributed by atoms with van der Waals surface area (Å²) in [5.41, 5.74) is 3.71. The van der Waals surface area contributed by atoms with Gasteiger partial charge in [0.1, 0.15) is 5.75 Å². The molecule has 2 heterocycles. The molecule has 0 saturated carbocycles. The first-order chi connectivity index (χ1) is 9.20. The number of rotatable bonds is 2. The van der Waals surface area contributed by atoms with E-state index in [1.54, 1.807) is 7.11 Å². The van der Waals surface area contributed by atoms with Gasteiger partial charge in [-0.3, -0.25) is 4.57 Å². The Hall–Kier alpha value is -2.14. The number of para-hydroxylation sites is 2. The number of benzene rings is 1. The van der Waals surface area contributed by atoms with Crippen molar-refractivity contribution in [1.82, 2.24) is 14.5 Å². The maximum atomic E-state index is 5.40. The number of nitrogens with zero attached hydrogens (tertiary/aromatic N) is 2. The number of hydrogen-bond donors (Lipinski definition) is 1. The fourth-order valence-electron chi connectivity index (χ4n) is 2.14. The molecule has 0 aliphatic carbocycles. The van der Waals surface area contributed by atoms with Gasteiger partial charge < -0.3 is 9.72 Å². The Labute approximate surface area is 115 Å². The van der Waals surface area contributed by atoms with Crippen LogP contribution in [-0.2, 0) is 0 Å². The molecule has 0 saturated heterocycles. The maximum absolute atomic E-state index is 5.40. The Bertz CT molecular complexity index is 804. The van der Waals surface area contributed by atoms with Gasteiger partial charge in [0.25, 0.3) is 0 Å². The molecule has 0 aliphatic heterocycles. The highest BCUT2D eigenvalue weighted by Crippen LogP contribution is 2.26. The number of aryl methyl sites for hydroxylation is 1. The van der Waals surface area contributed by atoms with Crippen molar-refractivity contribution >= 4 is 23.4 Å². The average Bonchev–Trinajstić information content (AvgIpc) is 2.73. The monoisotopic (exact) mass is 271 g/mol. The largest absolute Gasteiger partial charge is 0.495 e. The highest BCUT2D eigenvalue weighted by atomic mass is 32.1. The summed E-state index contributed by atoms with van der Waals surface area (Å²) >= 11 is 5.40. The molecule has 1 aromatic carbocycles. The van der Waals surface area contributed by atoms with E-state index in [4.69, 9.17) is 17.0 Å². The van der Waals surface area contributed by atoms with E-state index in [0.717, 1.165) is 28.2 Å². The van der Waals surface area contributed by atoms with Gasteiger partial charge >= 0.3 is 0 Å². The van der Waals surface area contributed by atoms with Crippen molar-refractivity contribution in [2.45, 2.75) is 6.92 Å². The zero-order valence-electron chi connectivity index (χ0n) is 10.7. The molecule has 0 aliphatic rings. The molecule has 1 N–H and O–H groups in total. The molecular weight excluding hydrogens is 258 g/mol. The van der Waals surface area contributed by atoms with E-state index in [1.165, 1.54) is 0 Å². The molecule has 19 heavy (non-hydrogen) atoms. The van der Waals surface area contributed by atoms with E-state index in [0.29, 0.717) is 4.77 Å². The predicted octanol–water partition coefficient (Wildman–Crippen LogP) is 3.40. The smallest absolute Gasteiger partial charge is 0.184 e. The standard InChI is InChI=1S/C14H13N3OS/c1-9-7-10-13(15-8-9)17(14(19)16-10)11-5-3-4-6-12(11)18-2/h3-8H,1-2H3,(H,16,19). The summed E-state index contributed by atoms with van der Waals surface area (Å²) in [4.78, 5) is 7.64. The zero-order valence-corrected chi connectivity index (χ0v) is 11.5. The summed E-state index contributed by atoms with van der Waals surface area (Å²) in [5, 5.41) is 0. The molecule has 0 fully saturated rings. The molecule has 0 amide bonds. The van der Waals surface area contributed by atoms with E-state index in [1.807, 2.05) is 48.0 Å². The quantitative estimate of drug-likeness (QED) is 0.726. The van der Waals surface area contributed by atoms with E-state index in [2.05, 4.69) is 9.97 Å². The highest BCUT2D eigenvalue weighted by molar-refractivity contribution is 7.71. The van der Waals surface area contributed by atoms with E-state index >= 15 is 0 Å². The van der Waals surface area contributed by atoms with Gasteiger partial charge in [-0.2, -0.15) is 0 Å². The summed E-state index contributed by atoms with van der Waals surface area (Å²) in [6.07, 6.45) is 1.83. The van der Waals surface area contributed by atoms with Gasteiger partial charge in [-0.15, -0.1) is 0 Å². The minimum Gasteiger partial charge on any atom is -0.495 e. The fourth-order valence-corrected chi connectivity index (χ4v) is 2.43. The summed E-state index contributed by atoms with van der Waals surface area (Å²) in [7, 11) is 1.65. The summed E-state index contributed by atoms with van der Waals surface area (Å²) in [6.45, 7) is 2.00. The van der Waals surface area contributed by atoms with Crippen LogP contribution in [0.4, 0.5) is 0 Å². The van der Waals surface area contributed by atoms with E-state index in [9.17, 15) is 0 Å². The highest BCUT2D eigenvalue weighted by Gasteiger charge is 2.11. The van der Waals surface area contributed by atoms with Crippen LogP contribution in [0.2, 0.25) is 0 Å². The molecule has 2 aromatic heterocycles. The van der Waals surface area contributed by atoms with Gasteiger partial charge in [0, 0.05) is 6.20 Å². The van der Waals surface area contributed by atoms with Crippen LogP contribution in [0.15, 0.2) is 36.5 Å². The third-order valence-corrected chi connectivity index (χ3v) is 3.27. The molecular formula is C14H13N3OS. The summed E-state index contributed by atoms with van der Waals surface area (Å²) in [5.74, 6) is 0.766. The van der Waals surface area contributed by atoms with Crippen LogP contribution in [0, 0.1) is 11.7 Å². The molecule has 0 atom stereocenters. The molecule has 3 rings (SSSR count). The third kappa shape index (κ3) is 1.92. The Kier molecular flexibility index (Phi) is 2.83. The topological polar surface area (TPSA) is 42.8 Å². The van der Waals surface area contributed by atoms with Crippen molar-refractivity contribution in [2.75, 3.05) is 7.11 Å². The number of pyridine rings is 1. The van der Waals surface area contributed by atoms with Crippen molar-refractivity contribution < 1.29 is 4.74 Å². The van der Waals surface area contributed by atoms with Gasteiger partial charge in [0.05, 0.1) is 18.3 Å². The SMILES string of the molecule is COc1ccccc1-n1c(=S)[nH]c2cc(C)cnc21. The van der Waals surface area contributed by atoms with Gasteiger partial charge in [-0.25, -0.2) is 4.98 Å². The average molecular weight is 271 g/mol. The number of fused-ring (bicyclic) bond motifs is 1. The molecule has 96 valence electrons. The van der Waals surface area contributed by atoms with Gasteiger partial charge in [0.2, 0.25) is 0 Å². The van der Waals surface area contributed by atoms with Crippen molar-refractivity contribution in [2.24, 2.45) is 0 Å². The molecule has 0 radical (unpaired) electrons. The summed E-state index contributed by atoms with van der Waals surface area (Å²) in [6, 6.07) is 9.78. The van der Waals surface area contributed by atoms with Crippen LogP contribution in [0.3, 0.4) is 0 Å². The van der Waals surface area contributed by atoms with Crippen LogP contribution in [-0.4, -0.2) is 21.6 Å². The van der Waals surface area contributed by atoms with Crippen molar-refractivity contribution in [1.29, 1.82) is 0 Å². The van der Waals surface area contributed by atoms with Crippen LogP contribution >= 0.6 is 12.2 Å². The van der Waals surface area contributed by atoms with Crippen LogP contribution in [0.25, 0.3) is 16.9 Å². The number of aromatic amines is 1. The van der Waals surface area contributed by atoms with Crippen molar-refractivity contribution in [3.05, 3.63) is 46.9 Å². The number of nitrogens with one attached hydrogen (secondary N) is 1. The minimum atomic E-state index is 0.609.